The molecular formula is C19H17FN2OS. The molecule has 0 fully saturated rings. The third-order valence-corrected chi connectivity index (χ3v) is 4.52. The zero-order chi connectivity index (χ0) is 16.9. The van der Waals surface area contributed by atoms with Gasteiger partial charge in [0.2, 0.25) is 5.91 Å². The van der Waals surface area contributed by atoms with Gasteiger partial charge < -0.3 is 5.32 Å². The number of carbonyl (C=O) groups excluding carboxylic acids is 1. The van der Waals surface area contributed by atoms with E-state index in [2.05, 4.69) is 10.3 Å². The Labute approximate surface area is 144 Å². The van der Waals surface area contributed by atoms with Crippen LogP contribution in [0.3, 0.4) is 0 Å². The summed E-state index contributed by atoms with van der Waals surface area (Å²) < 4.78 is 13.7. The van der Waals surface area contributed by atoms with Crippen molar-refractivity contribution < 1.29 is 9.18 Å². The molecule has 0 bridgehead atoms. The number of carbonyl (C=O) groups is 1. The van der Waals surface area contributed by atoms with Crippen LogP contribution >= 0.6 is 11.3 Å². The largest absolute Gasteiger partial charge is 0.302 e. The number of aromatic nitrogens is 1. The number of rotatable bonds is 5. The molecule has 0 radical (unpaired) electrons. The van der Waals surface area contributed by atoms with Crippen LogP contribution in [0.5, 0.6) is 0 Å². The number of nitrogens with one attached hydrogen (secondary N) is 1. The Morgan fingerprint density at radius 2 is 1.92 bits per heavy atom. The van der Waals surface area contributed by atoms with Crippen LogP contribution in [0.1, 0.15) is 21.6 Å². The molecule has 3 nitrogen and oxygen atoms in total. The molecule has 3 rings (SSSR count). The Morgan fingerprint density at radius 1 is 1.17 bits per heavy atom. The van der Waals surface area contributed by atoms with Gasteiger partial charge in [-0.25, -0.2) is 9.37 Å². The van der Waals surface area contributed by atoms with Gasteiger partial charge in [0, 0.05) is 17.5 Å². The summed E-state index contributed by atoms with van der Waals surface area (Å²) in [7, 11) is 0. The molecule has 2 aromatic carbocycles. The van der Waals surface area contributed by atoms with Crippen LogP contribution in [0.2, 0.25) is 0 Å². The van der Waals surface area contributed by atoms with E-state index in [1.807, 2.05) is 37.3 Å². The smallest absolute Gasteiger partial charge is 0.230 e. The lowest BCUT2D eigenvalue weighted by molar-refractivity contribution is -0.115. The molecule has 0 spiro atoms. The molecule has 1 aromatic heterocycles. The van der Waals surface area contributed by atoms with Gasteiger partial charge in [0.05, 0.1) is 6.42 Å². The number of aryl methyl sites for hydroxylation is 1. The lowest BCUT2D eigenvalue weighted by atomic mass is 10.1. The summed E-state index contributed by atoms with van der Waals surface area (Å²) in [6, 6.07) is 14.5. The van der Waals surface area contributed by atoms with E-state index in [4.69, 9.17) is 0 Å². The van der Waals surface area contributed by atoms with Crippen molar-refractivity contribution in [2.75, 3.05) is 5.32 Å². The summed E-state index contributed by atoms with van der Waals surface area (Å²) in [4.78, 5) is 17.2. The van der Waals surface area contributed by atoms with Gasteiger partial charge in [-0.05, 0) is 24.1 Å². The normalized spacial score (nSPS) is 10.6. The van der Waals surface area contributed by atoms with Gasteiger partial charge in [0.15, 0.2) is 5.13 Å². The number of thiazole rings is 1. The molecule has 0 saturated heterocycles. The number of anilines is 1. The van der Waals surface area contributed by atoms with E-state index in [1.54, 1.807) is 18.3 Å². The van der Waals surface area contributed by atoms with E-state index in [1.165, 1.54) is 17.4 Å². The van der Waals surface area contributed by atoms with Crippen LogP contribution in [0.15, 0.2) is 54.7 Å². The Balaban J connectivity index is 1.60. The lowest BCUT2D eigenvalue weighted by Crippen LogP contribution is -2.14. The zero-order valence-electron chi connectivity index (χ0n) is 13.3. The van der Waals surface area contributed by atoms with E-state index in [-0.39, 0.29) is 11.7 Å². The summed E-state index contributed by atoms with van der Waals surface area (Å²) in [5.41, 5.74) is 2.75. The molecule has 24 heavy (non-hydrogen) atoms. The van der Waals surface area contributed by atoms with Crippen LogP contribution in [0.25, 0.3) is 0 Å². The van der Waals surface area contributed by atoms with E-state index < -0.39 is 0 Å². The van der Waals surface area contributed by atoms with E-state index >= 15 is 0 Å². The van der Waals surface area contributed by atoms with Gasteiger partial charge >= 0.3 is 0 Å². The fourth-order valence-corrected chi connectivity index (χ4v) is 3.18. The van der Waals surface area contributed by atoms with Crippen molar-refractivity contribution in [1.82, 2.24) is 4.98 Å². The molecule has 122 valence electrons. The second-order valence-corrected chi connectivity index (χ2v) is 6.73. The van der Waals surface area contributed by atoms with Crippen molar-refractivity contribution in [2.45, 2.75) is 19.8 Å². The average molecular weight is 340 g/mol. The maximum Gasteiger partial charge on any atom is 0.230 e. The van der Waals surface area contributed by atoms with Crippen molar-refractivity contribution >= 4 is 22.4 Å². The van der Waals surface area contributed by atoms with E-state index in [0.717, 1.165) is 16.0 Å². The minimum atomic E-state index is -0.226. The summed E-state index contributed by atoms with van der Waals surface area (Å²) in [6.45, 7) is 2.01. The highest BCUT2D eigenvalue weighted by Crippen LogP contribution is 2.22. The molecule has 1 N–H and O–H groups in total. The molecule has 5 heteroatoms. The van der Waals surface area contributed by atoms with Crippen LogP contribution in [0.4, 0.5) is 9.52 Å². The van der Waals surface area contributed by atoms with Gasteiger partial charge in [-0.1, -0.05) is 48.0 Å². The minimum Gasteiger partial charge on any atom is -0.302 e. The van der Waals surface area contributed by atoms with Crippen LogP contribution < -0.4 is 5.32 Å². The summed E-state index contributed by atoms with van der Waals surface area (Å²) in [5, 5.41) is 3.34. The van der Waals surface area contributed by atoms with Gasteiger partial charge in [-0.2, -0.15) is 0 Å². The SMILES string of the molecule is Cc1ccc(CC(=O)Nc2ncc(Cc3ccccc3F)s2)cc1. The quantitative estimate of drug-likeness (QED) is 0.750. The van der Waals surface area contributed by atoms with Crippen molar-refractivity contribution in [3.63, 3.8) is 0 Å². The molecule has 0 saturated carbocycles. The molecule has 0 aliphatic heterocycles. The molecule has 0 aliphatic carbocycles. The van der Waals surface area contributed by atoms with E-state index in [0.29, 0.717) is 23.5 Å². The van der Waals surface area contributed by atoms with Crippen molar-refractivity contribution in [3.8, 4) is 0 Å². The average Bonchev–Trinajstić information content (AvgIpc) is 2.99. The second kappa shape index (κ2) is 7.36. The maximum absolute atomic E-state index is 13.7. The molecule has 1 heterocycles. The third kappa shape index (κ3) is 4.26. The molecule has 0 unspecified atom stereocenters. The summed E-state index contributed by atoms with van der Waals surface area (Å²) in [5.74, 6) is -0.332. The zero-order valence-corrected chi connectivity index (χ0v) is 14.1. The van der Waals surface area contributed by atoms with Gasteiger partial charge in [0.1, 0.15) is 5.82 Å². The number of nitrogens with zero attached hydrogens (tertiary/aromatic N) is 1. The molecule has 1 amide bonds. The predicted octanol–water partition coefficient (Wildman–Crippen LogP) is 4.36. The fourth-order valence-electron chi connectivity index (χ4n) is 2.33. The number of halogens is 1. The van der Waals surface area contributed by atoms with Crippen molar-refractivity contribution in [3.05, 3.63) is 82.1 Å². The summed E-state index contributed by atoms with van der Waals surface area (Å²) in [6.07, 6.45) is 2.46. The number of amides is 1. The van der Waals surface area contributed by atoms with E-state index in [9.17, 15) is 9.18 Å². The predicted molar refractivity (Wildman–Crippen MR) is 94.8 cm³/mol. The maximum atomic E-state index is 13.7. The van der Waals surface area contributed by atoms with Gasteiger partial charge in [-0.3, -0.25) is 4.79 Å². The first-order chi connectivity index (χ1) is 11.6. The first-order valence-corrected chi connectivity index (χ1v) is 8.45. The Bertz CT molecular complexity index is 843. The van der Waals surface area contributed by atoms with Crippen LogP contribution in [-0.4, -0.2) is 10.9 Å². The highest BCUT2D eigenvalue weighted by molar-refractivity contribution is 7.15. The third-order valence-electron chi connectivity index (χ3n) is 3.61. The standard InChI is InChI=1S/C19H17FN2OS/c1-13-6-8-14(9-7-13)10-18(23)22-19-21-12-16(24-19)11-15-4-2-3-5-17(15)20/h2-9,12H,10-11H2,1H3,(H,21,22,23). The summed E-state index contributed by atoms with van der Waals surface area (Å²) >= 11 is 1.37. The Morgan fingerprint density at radius 3 is 2.67 bits per heavy atom. The van der Waals surface area contributed by atoms with Crippen molar-refractivity contribution in [2.24, 2.45) is 0 Å². The van der Waals surface area contributed by atoms with Crippen molar-refractivity contribution in [1.29, 1.82) is 0 Å². The molecule has 0 aliphatic rings. The molecule has 3 aromatic rings. The number of hydrogen-bond acceptors (Lipinski definition) is 3. The van der Waals surface area contributed by atoms with Gasteiger partial charge in [0.25, 0.3) is 0 Å². The fraction of sp³-hybridized carbons (Fsp3) is 0.158. The first kappa shape index (κ1) is 16.3. The second-order valence-electron chi connectivity index (χ2n) is 5.61. The minimum absolute atomic E-state index is 0.106. The highest BCUT2D eigenvalue weighted by atomic mass is 32.1. The van der Waals surface area contributed by atoms with Crippen LogP contribution in [0, 0.1) is 12.7 Å². The van der Waals surface area contributed by atoms with Crippen LogP contribution in [-0.2, 0) is 17.6 Å². The Kier molecular flexibility index (Phi) is 5.01. The molecular weight excluding hydrogens is 323 g/mol. The first-order valence-electron chi connectivity index (χ1n) is 7.63. The number of benzene rings is 2. The Hall–Kier alpha value is -2.53. The molecule has 0 atom stereocenters. The topological polar surface area (TPSA) is 42.0 Å². The van der Waals surface area contributed by atoms with Gasteiger partial charge in [-0.15, -0.1) is 11.3 Å². The monoisotopic (exact) mass is 340 g/mol. The lowest BCUT2D eigenvalue weighted by Gasteiger charge is -2.02. The number of hydrogen-bond donors (Lipinski definition) is 1. The highest BCUT2D eigenvalue weighted by Gasteiger charge is 2.09.